The standard InChI is InChI=1S/C19H20F2O4Si/c1-4-24-26(3,25-5-2)19-15(20)12-11-14(16(19)21)18(23)17(22)13-9-7-6-8-10-13/h6-12H,4-5H2,1-3H3. The Morgan fingerprint density at radius 2 is 1.50 bits per heavy atom. The van der Waals surface area contributed by atoms with Crippen molar-refractivity contribution in [1.29, 1.82) is 0 Å². The van der Waals surface area contributed by atoms with Crippen LogP contribution in [0.1, 0.15) is 34.6 Å². The number of carbonyl (C=O) groups is 2. The molecule has 0 spiro atoms. The highest BCUT2D eigenvalue weighted by Crippen LogP contribution is 2.18. The Labute approximate surface area is 152 Å². The number of halogens is 2. The highest BCUT2D eigenvalue weighted by atomic mass is 28.4. The maximum atomic E-state index is 15.1. The zero-order valence-corrected chi connectivity index (χ0v) is 15.8. The van der Waals surface area contributed by atoms with Crippen LogP contribution in [0.5, 0.6) is 0 Å². The van der Waals surface area contributed by atoms with Gasteiger partial charge in [0.05, 0.1) is 10.8 Å². The van der Waals surface area contributed by atoms with Crippen LogP contribution in [-0.4, -0.2) is 33.3 Å². The second-order valence-electron chi connectivity index (χ2n) is 5.62. The molecule has 0 unspecified atom stereocenters. The van der Waals surface area contributed by atoms with Crippen molar-refractivity contribution in [1.82, 2.24) is 0 Å². The quantitative estimate of drug-likeness (QED) is 0.401. The Hall–Kier alpha value is -2.22. The maximum absolute atomic E-state index is 15.1. The van der Waals surface area contributed by atoms with Gasteiger partial charge < -0.3 is 8.85 Å². The molecule has 0 N–H and O–H groups in total. The number of hydrogen-bond donors (Lipinski definition) is 0. The SMILES string of the molecule is CCO[Si](C)(OCC)c1c(F)ccc(C(=O)C(=O)c2ccccc2)c1F. The molecule has 2 rings (SSSR count). The Morgan fingerprint density at radius 1 is 0.923 bits per heavy atom. The molecule has 0 aliphatic rings. The summed E-state index contributed by atoms with van der Waals surface area (Å²) in [6.45, 7) is 5.28. The van der Waals surface area contributed by atoms with Gasteiger partial charge in [-0.1, -0.05) is 30.3 Å². The third-order valence-electron chi connectivity index (χ3n) is 3.87. The van der Waals surface area contributed by atoms with E-state index in [0.717, 1.165) is 12.1 Å². The molecule has 7 heteroatoms. The third kappa shape index (κ3) is 3.95. The van der Waals surface area contributed by atoms with Gasteiger partial charge in [0.25, 0.3) is 0 Å². The van der Waals surface area contributed by atoms with Crippen LogP contribution >= 0.6 is 0 Å². The van der Waals surface area contributed by atoms with Crippen LogP contribution in [0.25, 0.3) is 0 Å². The monoisotopic (exact) mass is 378 g/mol. The van der Waals surface area contributed by atoms with Crippen LogP contribution < -0.4 is 5.19 Å². The van der Waals surface area contributed by atoms with Crippen molar-refractivity contribution in [2.45, 2.75) is 20.4 Å². The molecule has 0 atom stereocenters. The topological polar surface area (TPSA) is 52.6 Å². The zero-order valence-electron chi connectivity index (χ0n) is 14.8. The van der Waals surface area contributed by atoms with E-state index in [1.54, 1.807) is 32.0 Å². The largest absolute Gasteiger partial charge is 0.391 e. The van der Waals surface area contributed by atoms with Crippen molar-refractivity contribution in [3.8, 4) is 0 Å². The van der Waals surface area contributed by atoms with Crippen molar-refractivity contribution < 1.29 is 27.2 Å². The lowest BCUT2D eigenvalue weighted by Crippen LogP contribution is -2.54. The summed E-state index contributed by atoms with van der Waals surface area (Å²) in [5, 5.41) is -0.395. The molecule has 26 heavy (non-hydrogen) atoms. The van der Waals surface area contributed by atoms with Gasteiger partial charge in [-0.05, 0) is 32.5 Å². The van der Waals surface area contributed by atoms with Crippen molar-refractivity contribution in [3.63, 3.8) is 0 Å². The smallest absolute Gasteiger partial charge is 0.375 e. The Morgan fingerprint density at radius 3 is 2.04 bits per heavy atom. The second kappa shape index (κ2) is 8.44. The minimum atomic E-state index is -3.42. The van der Waals surface area contributed by atoms with Crippen LogP contribution in [0.15, 0.2) is 42.5 Å². The number of rotatable bonds is 8. The zero-order chi connectivity index (χ0) is 19.3. The Bertz CT molecular complexity index is 803. The maximum Gasteiger partial charge on any atom is 0.375 e. The molecule has 138 valence electrons. The summed E-state index contributed by atoms with van der Waals surface area (Å²) in [4.78, 5) is 24.8. The van der Waals surface area contributed by atoms with E-state index in [9.17, 15) is 14.0 Å². The highest BCUT2D eigenvalue weighted by molar-refractivity contribution is 6.80. The fraction of sp³-hybridized carbons (Fsp3) is 0.263. The lowest BCUT2D eigenvalue weighted by molar-refractivity contribution is 0.0814. The third-order valence-corrected chi connectivity index (χ3v) is 6.92. The first-order chi connectivity index (χ1) is 12.4. The molecule has 0 heterocycles. The van der Waals surface area contributed by atoms with E-state index in [0.29, 0.717) is 0 Å². The molecule has 2 aromatic carbocycles. The molecule has 0 saturated carbocycles. The van der Waals surface area contributed by atoms with E-state index in [1.165, 1.54) is 18.7 Å². The molecule has 4 nitrogen and oxygen atoms in total. The molecular weight excluding hydrogens is 358 g/mol. The first kappa shape index (κ1) is 20.1. The normalized spacial score (nSPS) is 11.4. The lowest BCUT2D eigenvalue weighted by Gasteiger charge is -2.27. The Balaban J connectivity index is 2.52. The summed E-state index contributed by atoms with van der Waals surface area (Å²) in [6, 6.07) is 9.75. The van der Waals surface area contributed by atoms with Crippen LogP contribution in [0, 0.1) is 11.6 Å². The van der Waals surface area contributed by atoms with Crippen molar-refractivity contribution in [2.75, 3.05) is 13.2 Å². The minimum Gasteiger partial charge on any atom is -0.391 e. The number of ketones is 2. The minimum absolute atomic E-state index is 0.136. The van der Waals surface area contributed by atoms with Gasteiger partial charge >= 0.3 is 8.56 Å². The Kier molecular flexibility index (Phi) is 6.52. The van der Waals surface area contributed by atoms with Gasteiger partial charge in [0, 0.05) is 18.8 Å². The van der Waals surface area contributed by atoms with Gasteiger partial charge in [-0.2, -0.15) is 0 Å². The first-order valence-electron chi connectivity index (χ1n) is 8.26. The number of benzene rings is 2. The highest BCUT2D eigenvalue weighted by Gasteiger charge is 2.41. The van der Waals surface area contributed by atoms with Gasteiger partial charge in [-0.3, -0.25) is 9.59 Å². The predicted molar refractivity (Wildman–Crippen MR) is 96.0 cm³/mol. The molecule has 0 saturated heterocycles. The van der Waals surface area contributed by atoms with Gasteiger partial charge in [-0.15, -0.1) is 0 Å². The lowest BCUT2D eigenvalue weighted by atomic mass is 10.0. The van der Waals surface area contributed by atoms with E-state index in [1.807, 2.05) is 0 Å². The molecule has 0 bridgehead atoms. The number of carbonyl (C=O) groups excluding carboxylic acids is 2. The van der Waals surface area contributed by atoms with Crippen LogP contribution in [0.4, 0.5) is 8.78 Å². The summed E-state index contributed by atoms with van der Waals surface area (Å²) < 4.78 is 40.5. The molecule has 0 fully saturated rings. The van der Waals surface area contributed by atoms with Gasteiger partial charge in [0.15, 0.2) is 0 Å². The van der Waals surface area contributed by atoms with E-state index in [2.05, 4.69) is 0 Å². The average molecular weight is 378 g/mol. The van der Waals surface area contributed by atoms with Gasteiger partial charge in [0.1, 0.15) is 11.6 Å². The molecule has 0 amide bonds. The van der Waals surface area contributed by atoms with E-state index in [-0.39, 0.29) is 18.8 Å². The summed E-state index contributed by atoms with van der Waals surface area (Å²) in [6.07, 6.45) is 0. The van der Waals surface area contributed by atoms with Crippen LogP contribution in [0.2, 0.25) is 6.55 Å². The van der Waals surface area contributed by atoms with Crippen LogP contribution in [0.3, 0.4) is 0 Å². The molecule has 0 aliphatic carbocycles. The summed E-state index contributed by atoms with van der Waals surface area (Å²) >= 11 is 0. The fourth-order valence-electron chi connectivity index (χ4n) is 2.72. The molecule has 0 radical (unpaired) electrons. The van der Waals surface area contributed by atoms with Gasteiger partial charge in [0.2, 0.25) is 11.6 Å². The predicted octanol–water partition coefficient (Wildman–Crippen LogP) is 3.38. The van der Waals surface area contributed by atoms with Gasteiger partial charge in [-0.25, -0.2) is 8.78 Å². The number of Topliss-reactive ketones (excluding diaryl/α,β-unsaturated/α-hetero) is 2. The summed E-state index contributed by atoms with van der Waals surface area (Å²) in [7, 11) is -3.42. The van der Waals surface area contributed by atoms with E-state index >= 15 is 4.39 Å². The molecule has 0 aromatic heterocycles. The summed E-state index contributed by atoms with van der Waals surface area (Å²) in [5.74, 6) is -3.87. The van der Waals surface area contributed by atoms with Crippen molar-refractivity contribution >= 4 is 25.3 Å². The van der Waals surface area contributed by atoms with E-state index in [4.69, 9.17) is 8.85 Å². The van der Waals surface area contributed by atoms with Crippen LogP contribution in [-0.2, 0) is 8.85 Å². The molecule has 2 aromatic rings. The average Bonchev–Trinajstić information content (AvgIpc) is 2.62. The van der Waals surface area contributed by atoms with Crippen molar-refractivity contribution in [3.05, 3.63) is 65.2 Å². The molecular formula is C19H20F2O4Si. The first-order valence-corrected chi connectivity index (χ1v) is 10.6. The second-order valence-corrected chi connectivity index (χ2v) is 8.59. The summed E-state index contributed by atoms with van der Waals surface area (Å²) in [5.41, 5.74) is -0.356. The fourth-order valence-corrected chi connectivity index (χ4v) is 5.25. The number of hydrogen-bond acceptors (Lipinski definition) is 4. The van der Waals surface area contributed by atoms with Crippen molar-refractivity contribution in [2.24, 2.45) is 0 Å². The molecule has 0 aliphatic heterocycles. The van der Waals surface area contributed by atoms with E-state index < -0.39 is 42.5 Å².